The molecule has 0 spiro atoms. The minimum absolute atomic E-state index is 0.0133. The fourth-order valence-electron chi connectivity index (χ4n) is 4.50. The number of piperidine rings is 1. The number of hydrogen-bond donors (Lipinski definition) is 0. The van der Waals surface area contributed by atoms with Crippen LogP contribution in [0.15, 0.2) is 48.7 Å². The molecule has 6 heteroatoms. The van der Waals surface area contributed by atoms with Crippen LogP contribution in [0.5, 0.6) is 0 Å². The van der Waals surface area contributed by atoms with Gasteiger partial charge < -0.3 is 9.47 Å². The highest BCUT2D eigenvalue weighted by atomic mass is 19.1. The van der Waals surface area contributed by atoms with Gasteiger partial charge in [-0.2, -0.15) is 0 Å². The van der Waals surface area contributed by atoms with E-state index >= 15 is 0 Å². The zero-order chi connectivity index (χ0) is 22.0. The number of para-hydroxylation sites is 1. The molecular formula is C25H26F2N2O2. The Labute approximate surface area is 180 Å². The van der Waals surface area contributed by atoms with Gasteiger partial charge in [0.1, 0.15) is 11.6 Å². The molecule has 0 atom stereocenters. The summed E-state index contributed by atoms with van der Waals surface area (Å²) < 4.78 is 29.2. The number of halogens is 2. The third kappa shape index (κ3) is 4.59. The van der Waals surface area contributed by atoms with Gasteiger partial charge in [0.2, 0.25) is 0 Å². The van der Waals surface area contributed by atoms with Gasteiger partial charge in [-0.1, -0.05) is 18.2 Å². The average molecular weight is 424 g/mol. The molecule has 0 N–H and O–H groups in total. The zero-order valence-electron chi connectivity index (χ0n) is 17.6. The van der Waals surface area contributed by atoms with Crippen LogP contribution >= 0.6 is 0 Å². The molecule has 1 saturated heterocycles. The number of rotatable bonds is 7. The highest BCUT2D eigenvalue weighted by molar-refractivity contribution is 6.06. The fourth-order valence-corrected chi connectivity index (χ4v) is 4.50. The van der Waals surface area contributed by atoms with Gasteiger partial charge in [-0.05, 0) is 64.0 Å². The molecule has 4 nitrogen and oxygen atoms in total. The molecule has 2 aromatic carbocycles. The maximum Gasteiger partial charge on any atom is 0.168 e. The van der Waals surface area contributed by atoms with Crippen molar-refractivity contribution in [2.24, 2.45) is 5.92 Å². The van der Waals surface area contributed by atoms with E-state index in [9.17, 15) is 18.4 Å². The van der Waals surface area contributed by atoms with Gasteiger partial charge in [0.05, 0.1) is 5.56 Å². The Kier molecular flexibility index (Phi) is 6.28. The fraction of sp³-hybridized carbons (Fsp3) is 0.360. The topological polar surface area (TPSA) is 42.3 Å². The van der Waals surface area contributed by atoms with Gasteiger partial charge >= 0.3 is 0 Å². The van der Waals surface area contributed by atoms with Gasteiger partial charge in [0.15, 0.2) is 11.6 Å². The molecule has 1 aromatic heterocycles. The predicted octanol–water partition coefficient (Wildman–Crippen LogP) is 5.11. The summed E-state index contributed by atoms with van der Waals surface area (Å²) in [7, 11) is 0. The number of fused-ring (bicyclic) bond motifs is 1. The Morgan fingerprint density at radius 1 is 1.00 bits per heavy atom. The summed E-state index contributed by atoms with van der Waals surface area (Å²) >= 11 is 0. The lowest BCUT2D eigenvalue weighted by molar-refractivity contribution is 0.0834. The van der Waals surface area contributed by atoms with E-state index in [1.165, 1.54) is 6.07 Å². The van der Waals surface area contributed by atoms with Crippen molar-refractivity contribution in [1.82, 2.24) is 9.47 Å². The second kappa shape index (κ2) is 9.10. The summed E-state index contributed by atoms with van der Waals surface area (Å²) in [5.74, 6) is -1.83. The van der Waals surface area contributed by atoms with Crippen LogP contribution in [0.3, 0.4) is 0 Å². The van der Waals surface area contributed by atoms with E-state index in [0.29, 0.717) is 12.8 Å². The average Bonchev–Trinajstić information content (AvgIpc) is 3.13. The smallest absolute Gasteiger partial charge is 0.168 e. The first-order valence-corrected chi connectivity index (χ1v) is 10.7. The number of nitrogens with zero attached hydrogens (tertiary/aromatic N) is 2. The summed E-state index contributed by atoms with van der Waals surface area (Å²) in [5, 5.41) is 0.988. The van der Waals surface area contributed by atoms with Gasteiger partial charge in [-0.15, -0.1) is 0 Å². The number of likely N-dealkylation sites (tertiary alicyclic amines) is 1. The van der Waals surface area contributed by atoms with Crippen LogP contribution < -0.4 is 0 Å². The normalized spacial score (nSPS) is 15.5. The summed E-state index contributed by atoms with van der Waals surface area (Å²) in [4.78, 5) is 26.9. The van der Waals surface area contributed by atoms with Crippen LogP contribution in [0.4, 0.5) is 8.78 Å². The number of ketones is 2. The molecule has 0 amide bonds. The predicted molar refractivity (Wildman–Crippen MR) is 116 cm³/mol. The molecule has 1 aliphatic rings. The number of carbonyl (C=O) groups excluding carboxylic acids is 2. The van der Waals surface area contributed by atoms with Crippen molar-refractivity contribution in [3.63, 3.8) is 0 Å². The number of carbonyl (C=O) groups is 2. The molecule has 4 rings (SSSR count). The molecule has 3 aromatic rings. The first-order valence-electron chi connectivity index (χ1n) is 10.7. The maximum atomic E-state index is 13.9. The molecule has 162 valence electrons. The summed E-state index contributed by atoms with van der Waals surface area (Å²) in [6.45, 7) is 4.87. The number of aromatic nitrogens is 1. The molecule has 31 heavy (non-hydrogen) atoms. The molecule has 0 radical (unpaired) electrons. The first-order chi connectivity index (χ1) is 14.9. The Bertz CT molecular complexity index is 1110. The Hall–Kier alpha value is -2.86. The van der Waals surface area contributed by atoms with Crippen molar-refractivity contribution in [3.05, 3.63) is 71.4 Å². The van der Waals surface area contributed by atoms with Crippen molar-refractivity contribution < 1.29 is 18.4 Å². The summed E-state index contributed by atoms with van der Waals surface area (Å²) in [5.41, 5.74) is 1.81. The Morgan fingerprint density at radius 2 is 1.74 bits per heavy atom. The lowest BCUT2D eigenvalue weighted by Gasteiger charge is -2.31. The minimum atomic E-state index is -0.781. The van der Waals surface area contributed by atoms with Crippen LogP contribution in [0.1, 0.15) is 46.9 Å². The zero-order valence-corrected chi connectivity index (χ0v) is 17.6. The molecule has 1 aliphatic heterocycles. The van der Waals surface area contributed by atoms with Crippen LogP contribution in [0.2, 0.25) is 0 Å². The molecule has 0 unspecified atom stereocenters. The monoisotopic (exact) mass is 424 g/mol. The third-order valence-electron chi connectivity index (χ3n) is 6.20. The van der Waals surface area contributed by atoms with Gasteiger partial charge in [0.25, 0.3) is 0 Å². The molecule has 0 saturated carbocycles. The van der Waals surface area contributed by atoms with Crippen LogP contribution in [0.25, 0.3) is 10.9 Å². The van der Waals surface area contributed by atoms with E-state index in [1.807, 2.05) is 30.5 Å². The van der Waals surface area contributed by atoms with Crippen LogP contribution in [-0.2, 0) is 6.54 Å². The van der Waals surface area contributed by atoms with E-state index in [0.717, 1.165) is 61.2 Å². The molecule has 1 fully saturated rings. The third-order valence-corrected chi connectivity index (χ3v) is 6.20. The largest absolute Gasteiger partial charge is 0.347 e. The van der Waals surface area contributed by atoms with Crippen molar-refractivity contribution in [2.45, 2.75) is 32.7 Å². The van der Waals surface area contributed by atoms with E-state index in [1.54, 1.807) is 6.92 Å². The quantitative estimate of drug-likeness (QED) is 0.495. The lowest BCUT2D eigenvalue weighted by atomic mass is 9.88. The molecule has 0 bridgehead atoms. The van der Waals surface area contributed by atoms with Crippen molar-refractivity contribution in [3.8, 4) is 0 Å². The van der Waals surface area contributed by atoms with E-state index in [4.69, 9.17) is 0 Å². The first kappa shape index (κ1) is 21.4. The molecular weight excluding hydrogens is 398 g/mol. The Morgan fingerprint density at radius 3 is 2.45 bits per heavy atom. The Balaban J connectivity index is 1.31. The van der Waals surface area contributed by atoms with E-state index in [-0.39, 0.29) is 23.0 Å². The number of benzene rings is 2. The standard InChI is InChI=1S/C25H26F2N2O2/c1-17(30)22-16-29(24-6-3-2-5-20(22)24)12-4-11-28-13-9-18(10-14-28)25(31)21-8-7-19(26)15-23(21)27/h2-3,5-8,15-16,18H,4,9-14H2,1H3. The number of Topliss-reactive ketones (excluding diaryl/α,β-unsaturated/α-hetero) is 2. The van der Waals surface area contributed by atoms with Crippen molar-refractivity contribution >= 4 is 22.5 Å². The van der Waals surface area contributed by atoms with Gasteiger partial charge in [-0.3, -0.25) is 9.59 Å². The minimum Gasteiger partial charge on any atom is -0.347 e. The second-order valence-electron chi connectivity index (χ2n) is 8.27. The van der Waals surface area contributed by atoms with Gasteiger partial charge in [-0.25, -0.2) is 8.78 Å². The highest BCUT2D eigenvalue weighted by Crippen LogP contribution is 2.25. The van der Waals surface area contributed by atoms with Crippen molar-refractivity contribution in [1.29, 1.82) is 0 Å². The summed E-state index contributed by atoms with van der Waals surface area (Å²) in [6.07, 6.45) is 4.23. The highest BCUT2D eigenvalue weighted by Gasteiger charge is 2.27. The van der Waals surface area contributed by atoms with E-state index in [2.05, 4.69) is 9.47 Å². The maximum absolute atomic E-state index is 13.9. The molecule has 2 heterocycles. The summed E-state index contributed by atoms with van der Waals surface area (Å²) in [6, 6.07) is 11.1. The van der Waals surface area contributed by atoms with Gasteiger partial charge in [0, 0.05) is 41.2 Å². The van der Waals surface area contributed by atoms with Crippen LogP contribution in [-0.4, -0.2) is 40.7 Å². The number of aryl methyl sites for hydroxylation is 1. The van der Waals surface area contributed by atoms with Crippen LogP contribution in [0, 0.1) is 17.6 Å². The SMILES string of the molecule is CC(=O)c1cn(CCCN2CCC(C(=O)c3ccc(F)cc3F)CC2)c2ccccc12. The molecule has 0 aliphatic carbocycles. The lowest BCUT2D eigenvalue weighted by Crippen LogP contribution is -2.37. The van der Waals surface area contributed by atoms with E-state index < -0.39 is 11.6 Å². The van der Waals surface area contributed by atoms with Crippen molar-refractivity contribution in [2.75, 3.05) is 19.6 Å². The second-order valence-corrected chi connectivity index (χ2v) is 8.27. The number of hydrogen-bond acceptors (Lipinski definition) is 3.